The summed E-state index contributed by atoms with van der Waals surface area (Å²) in [7, 11) is 0. The summed E-state index contributed by atoms with van der Waals surface area (Å²) in [4.78, 5) is 21.3. The van der Waals surface area contributed by atoms with E-state index in [4.69, 9.17) is 16.7 Å². The number of aliphatic hydroxyl groups excluding tert-OH is 1. The predicted octanol–water partition coefficient (Wildman–Crippen LogP) is 2.01. The molecule has 18 heavy (non-hydrogen) atoms. The third-order valence-corrected chi connectivity index (χ3v) is 2.77. The molecule has 0 aliphatic rings. The van der Waals surface area contributed by atoms with Gasteiger partial charge < -0.3 is 5.11 Å². The van der Waals surface area contributed by atoms with Gasteiger partial charge in [-0.05, 0) is 18.1 Å². The van der Waals surface area contributed by atoms with Gasteiger partial charge in [0.15, 0.2) is 5.78 Å². The van der Waals surface area contributed by atoms with E-state index in [0.717, 1.165) is 12.1 Å². The number of halogens is 2. The van der Waals surface area contributed by atoms with Crippen LogP contribution in [0.3, 0.4) is 0 Å². The van der Waals surface area contributed by atoms with Gasteiger partial charge in [-0.15, -0.1) is 11.6 Å². The molecular formula is C11H11ClFNO4. The van der Waals surface area contributed by atoms with Crippen molar-refractivity contribution in [3.05, 3.63) is 39.7 Å². The number of aliphatic hydroxyl groups is 1. The highest BCUT2D eigenvalue weighted by atomic mass is 35.5. The summed E-state index contributed by atoms with van der Waals surface area (Å²) in [5.74, 6) is -2.46. The third kappa shape index (κ3) is 3.24. The number of nitrogens with zero attached hydrogens (tertiary/aromatic N) is 1. The summed E-state index contributed by atoms with van der Waals surface area (Å²) in [6, 6.07) is 3.05. The largest absolute Gasteiger partial charge is 0.396 e. The number of nitro groups is 1. The molecule has 0 unspecified atom stereocenters. The second-order valence-corrected chi connectivity index (χ2v) is 3.89. The average molecular weight is 276 g/mol. The Morgan fingerprint density at radius 3 is 2.67 bits per heavy atom. The van der Waals surface area contributed by atoms with Gasteiger partial charge in [0.2, 0.25) is 0 Å². The lowest BCUT2D eigenvalue weighted by atomic mass is 9.92. The molecule has 0 saturated carbocycles. The van der Waals surface area contributed by atoms with Crippen molar-refractivity contribution in [3.8, 4) is 0 Å². The lowest BCUT2D eigenvalue weighted by Gasteiger charge is -2.14. The monoisotopic (exact) mass is 275 g/mol. The third-order valence-electron chi connectivity index (χ3n) is 2.51. The molecule has 0 amide bonds. The first-order valence-electron chi connectivity index (χ1n) is 5.14. The summed E-state index contributed by atoms with van der Waals surface area (Å²) in [6.07, 6.45) is 0.0281. The number of rotatable bonds is 6. The summed E-state index contributed by atoms with van der Waals surface area (Å²) in [6.45, 7) is -0.302. The number of carbonyl (C=O) groups is 1. The Kier molecular flexibility index (Phi) is 5.18. The van der Waals surface area contributed by atoms with Crippen molar-refractivity contribution < 1.29 is 19.2 Å². The van der Waals surface area contributed by atoms with Gasteiger partial charge in [-0.1, -0.05) is 0 Å². The summed E-state index contributed by atoms with van der Waals surface area (Å²) >= 11 is 5.40. The lowest BCUT2D eigenvalue weighted by Crippen LogP contribution is -2.17. The second-order valence-electron chi connectivity index (χ2n) is 3.63. The molecule has 1 rings (SSSR count). The summed E-state index contributed by atoms with van der Waals surface area (Å²) in [5, 5.41) is 19.3. The standard InChI is InChI=1S/C11H11ClFNO4/c12-6-11(16)9(3-4-15)8-2-1-7(14(17)18)5-10(8)13/h1-2,5,9,15H,3-4,6H2/t9-/m1/s1. The van der Waals surface area contributed by atoms with Gasteiger partial charge in [0, 0.05) is 18.6 Å². The van der Waals surface area contributed by atoms with Gasteiger partial charge in [0.1, 0.15) is 5.82 Å². The Morgan fingerprint density at radius 1 is 1.56 bits per heavy atom. The normalized spacial score (nSPS) is 12.2. The quantitative estimate of drug-likeness (QED) is 0.489. The Balaban J connectivity index is 3.13. The van der Waals surface area contributed by atoms with Gasteiger partial charge >= 0.3 is 0 Å². The van der Waals surface area contributed by atoms with Crippen LogP contribution in [0, 0.1) is 15.9 Å². The molecule has 7 heteroatoms. The van der Waals surface area contributed by atoms with E-state index in [2.05, 4.69) is 0 Å². The fourth-order valence-electron chi connectivity index (χ4n) is 1.62. The van der Waals surface area contributed by atoms with Crippen LogP contribution in [0.25, 0.3) is 0 Å². The van der Waals surface area contributed by atoms with Crippen molar-refractivity contribution in [1.29, 1.82) is 0 Å². The SMILES string of the molecule is O=C(CCl)[C@H](CCO)c1ccc([N+](=O)[O-])cc1F. The zero-order valence-electron chi connectivity index (χ0n) is 9.31. The number of Topliss-reactive ketones (excluding diaryl/α,β-unsaturated/α-hetero) is 1. The van der Waals surface area contributed by atoms with Gasteiger partial charge in [-0.25, -0.2) is 4.39 Å². The minimum absolute atomic E-state index is 0.0142. The lowest BCUT2D eigenvalue weighted by molar-refractivity contribution is -0.385. The molecule has 0 saturated heterocycles. The van der Waals surface area contributed by atoms with Crippen LogP contribution in [0.5, 0.6) is 0 Å². The fourth-order valence-corrected chi connectivity index (χ4v) is 1.81. The molecule has 0 radical (unpaired) electrons. The number of hydrogen-bond donors (Lipinski definition) is 1. The average Bonchev–Trinajstić information content (AvgIpc) is 2.35. The molecule has 0 aliphatic heterocycles. The van der Waals surface area contributed by atoms with E-state index >= 15 is 0 Å². The summed E-state index contributed by atoms with van der Waals surface area (Å²) in [5.41, 5.74) is -0.377. The Hall–Kier alpha value is -1.53. The number of ketones is 1. The first kappa shape index (κ1) is 14.5. The first-order chi connectivity index (χ1) is 8.51. The number of benzene rings is 1. The van der Waals surface area contributed by atoms with Crippen LogP contribution in [0.4, 0.5) is 10.1 Å². The van der Waals surface area contributed by atoms with E-state index in [0.29, 0.717) is 0 Å². The molecule has 1 aromatic carbocycles. The molecule has 1 aromatic rings. The van der Waals surface area contributed by atoms with E-state index in [9.17, 15) is 19.3 Å². The minimum Gasteiger partial charge on any atom is -0.396 e. The number of carbonyl (C=O) groups excluding carboxylic acids is 1. The Morgan fingerprint density at radius 2 is 2.22 bits per heavy atom. The molecule has 98 valence electrons. The van der Waals surface area contributed by atoms with Crippen molar-refractivity contribution >= 4 is 23.1 Å². The first-order valence-corrected chi connectivity index (χ1v) is 5.68. The van der Waals surface area contributed by atoms with Crippen molar-refractivity contribution in [2.24, 2.45) is 0 Å². The second kappa shape index (κ2) is 6.42. The van der Waals surface area contributed by atoms with E-state index in [1.165, 1.54) is 6.07 Å². The molecule has 1 N–H and O–H groups in total. The molecule has 1 atom stereocenters. The number of hydrogen-bond acceptors (Lipinski definition) is 4. The molecule has 5 nitrogen and oxygen atoms in total. The van der Waals surface area contributed by atoms with Crippen molar-refractivity contribution in [3.63, 3.8) is 0 Å². The Bertz CT molecular complexity index is 466. The van der Waals surface area contributed by atoms with Gasteiger partial charge in [0.05, 0.1) is 16.9 Å². The summed E-state index contributed by atoms with van der Waals surface area (Å²) < 4.78 is 13.7. The van der Waals surface area contributed by atoms with Crippen LogP contribution in [0.15, 0.2) is 18.2 Å². The van der Waals surface area contributed by atoms with Gasteiger partial charge in [0.25, 0.3) is 5.69 Å². The highest BCUT2D eigenvalue weighted by molar-refractivity contribution is 6.28. The number of non-ortho nitro benzene ring substituents is 1. The van der Waals surface area contributed by atoms with Crippen LogP contribution >= 0.6 is 11.6 Å². The van der Waals surface area contributed by atoms with E-state index in [1.807, 2.05) is 0 Å². The molecule has 0 bridgehead atoms. The predicted molar refractivity (Wildman–Crippen MR) is 63.2 cm³/mol. The van der Waals surface area contributed by atoms with Crippen LogP contribution in [0.2, 0.25) is 0 Å². The highest BCUT2D eigenvalue weighted by Gasteiger charge is 2.23. The molecule has 0 aromatic heterocycles. The van der Waals surface area contributed by atoms with Crippen LogP contribution < -0.4 is 0 Å². The fraction of sp³-hybridized carbons (Fsp3) is 0.364. The zero-order valence-corrected chi connectivity index (χ0v) is 10.1. The molecule has 0 fully saturated rings. The van der Waals surface area contributed by atoms with Crippen LogP contribution in [-0.2, 0) is 4.79 Å². The van der Waals surface area contributed by atoms with Crippen LogP contribution in [-0.4, -0.2) is 28.3 Å². The van der Waals surface area contributed by atoms with Crippen LogP contribution in [0.1, 0.15) is 17.9 Å². The van der Waals surface area contributed by atoms with Gasteiger partial charge in [-0.2, -0.15) is 0 Å². The maximum absolute atomic E-state index is 13.7. The minimum atomic E-state index is -0.881. The van der Waals surface area contributed by atoms with E-state index in [1.54, 1.807) is 0 Å². The maximum Gasteiger partial charge on any atom is 0.272 e. The molecule has 0 aliphatic carbocycles. The Labute approximate surface area is 107 Å². The zero-order chi connectivity index (χ0) is 13.7. The van der Waals surface area contributed by atoms with Gasteiger partial charge in [-0.3, -0.25) is 14.9 Å². The topological polar surface area (TPSA) is 80.4 Å². The van der Waals surface area contributed by atoms with Crippen molar-refractivity contribution in [2.45, 2.75) is 12.3 Å². The van der Waals surface area contributed by atoms with E-state index in [-0.39, 0.29) is 24.5 Å². The number of nitro benzene ring substituents is 1. The molecular weight excluding hydrogens is 265 g/mol. The van der Waals surface area contributed by atoms with Crippen molar-refractivity contribution in [1.82, 2.24) is 0 Å². The molecule has 0 spiro atoms. The highest BCUT2D eigenvalue weighted by Crippen LogP contribution is 2.26. The number of alkyl halides is 1. The maximum atomic E-state index is 13.7. The van der Waals surface area contributed by atoms with E-state index < -0.39 is 28.1 Å². The smallest absolute Gasteiger partial charge is 0.272 e. The van der Waals surface area contributed by atoms with Crippen molar-refractivity contribution in [2.75, 3.05) is 12.5 Å². The molecule has 0 heterocycles.